The molecule has 3 aromatic carbocycles. The molecule has 5 nitrogen and oxygen atoms in total. The Morgan fingerprint density at radius 1 is 0.912 bits per heavy atom. The summed E-state index contributed by atoms with van der Waals surface area (Å²) in [5.74, 6) is 0. The van der Waals surface area contributed by atoms with E-state index in [1.165, 1.54) is 0 Å². The summed E-state index contributed by atoms with van der Waals surface area (Å²) in [6.45, 7) is 1.70. The van der Waals surface area contributed by atoms with Crippen molar-refractivity contribution in [3.05, 3.63) is 105 Å². The number of carbonyl (C=O) groups is 1. The Labute approximate surface area is 214 Å². The van der Waals surface area contributed by atoms with Crippen LogP contribution in [0.2, 0.25) is 15.1 Å². The van der Waals surface area contributed by atoms with Crippen molar-refractivity contribution in [1.29, 1.82) is 0 Å². The Hall–Kier alpha value is -2.28. The zero-order chi connectivity index (χ0) is 24.1. The maximum absolute atomic E-state index is 12.7. The number of aliphatic hydroxyl groups excluding tert-OH is 1. The summed E-state index contributed by atoms with van der Waals surface area (Å²) < 4.78 is 5.48. The van der Waals surface area contributed by atoms with Gasteiger partial charge < -0.3 is 14.7 Å². The largest absolute Gasteiger partial charge is 0.445 e. The first-order valence-electron chi connectivity index (χ1n) is 10.9. The van der Waals surface area contributed by atoms with Crippen molar-refractivity contribution in [1.82, 2.24) is 9.80 Å². The Morgan fingerprint density at radius 2 is 1.62 bits per heavy atom. The molecule has 0 spiro atoms. The molecule has 0 aromatic heterocycles. The molecule has 1 fully saturated rings. The standard InChI is InChI=1S/C26H25Cl3N2O3/c27-21-8-6-18(7-9-21)13-30(14-20-12-22(28)10-11-23(20)29)24-15-31(16-25(24)32)26(33)34-17-19-4-2-1-3-5-19/h1-12,24-25,32H,13-17H2/t24-,25-/m1/s1. The first kappa shape index (κ1) is 24.8. The molecule has 8 heteroatoms. The third kappa shape index (κ3) is 6.44. The van der Waals surface area contributed by atoms with Gasteiger partial charge in [0.15, 0.2) is 0 Å². The van der Waals surface area contributed by atoms with Crippen LogP contribution >= 0.6 is 34.8 Å². The topological polar surface area (TPSA) is 53.0 Å². The lowest BCUT2D eigenvalue weighted by Crippen LogP contribution is -2.42. The number of hydrogen-bond acceptors (Lipinski definition) is 4. The van der Waals surface area contributed by atoms with Gasteiger partial charge in [0.25, 0.3) is 0 Å². The summed E-state index contributed by atoms with van der Waals surface area (Å²) in [6.07, 6.45) is -1.19. The molecule has 0 radical (unpaired) electrons. The van der Waals surface area contributed by atoms with E-state index in [9.17, 15) is 9.90 Å². The monoisotopic (exact) mass is 518 g/mol. The van der Waals surface area contributed by atoms with E-state index >= 15 is 0 Å². The van der Waals surface area contributed by atoms with Gasteiger partial charge in [-0.1, -0.05) is 77.3 Å². The van der Waals surface area contributed by atoms with E-state index < -0.39 is 12.2 Å². The maximum atomic E-state index is 12.7. The van der Waals surface area contributed by atoms with Gasteiger partial charge in [0.05, 0.1) is 18.7 Å². The lowest BCUT2D eigenvalue weighted by Gasteiger charge is -2.31. The van der Waals surface area contributed by atoms with E-state index in [-0.39, 0.29) is 19.2 Å². The highest BCUT2D eigenvalue weighted by Crippen LogP contribution is 2.27. The lowest BCUT2D eigenvalue weighted by atomic mass is 10.1. The van der Waals surface area contributed by atoms with E-state index in [0.29, 0.717) is 34.7 Å². The van der Waals surface area contributed by atoms with Crippen LogP contribution in [0.4, 0.5) is 4.79 Å². The van der Waals surface area contributed by atoms with Gasteiger partial charge in [-0.25, -0.2) is 4.79 Å². The first-order chi connectivity index (χ1) is 16.4. The number of hydrogen-bond donors (Lipinski definition) is 1. The van der Waals surface area contributed by atoms with Gasteiger partial charge in [-0.15, -0.1) is 0 Å². The summed E-state index contributed by atoms with van der Waals surface area (Å²) in [4.78, 5) is 16.4. The predicted octanol–water partition coefficient (Wildman–Crippen LogP) is 6.03. The highest BCUT2D eigenvalue weighted by Gasteiger charge is 2.38. The van der Waals surface area contributed by atoms with Crippen LogP contribution in [0.1, 0.15) is 16.7 Å². The second-order valence-electron chi connectivity index (χ2n) is 8.35. The molecular formula is C26H25Cl3N2O3. The zero-order valence-electron chi connectivity index (χ0n) is 18.4. The van der Waals surface area contributed by atoms with Crippen LogP contribution in [-0.2, 0) is 24.4 Å². The number of amides is 1. The smallest absolute Gasteiger partial charge is 0.410 e. The second-order valence-corrected chi connectivity index (χ2v) is 9.63. The Bertz CT molecular complexity index is 1110. The third-order valence-corrected chi connectivity index (χ3v) is 6.73. The maximum Gasteiger partial charge on any atom is 0.410 e. The summed E-state index contributed by atoms with van der Waals surface area (Å²) in [5.41, 5.74) is 2.78. The number of nitrogens with zero attached hydrogens (tertiary/aromatic N) is 2. The quantitative estimate of drug-likeness (QED) is 0.414. The van der Waals surface area contributed by atoms with E-state index in [1.54, 1.807) is 17.0 Å². The SMILES string of the molecule is O=C(OCc1ccccc1)N1C[C@@H](O)[C@H](N(Cc2ccc(Cl)cc2)Cc2cc(Cl)ccc2Cl)C1. The lowest BCUT2D eigenvalue weighted by molar-refractivity contribution is 0.0728. The van der Waals surface area contributed by atoms with Gasteiger partial charge in [0.1, 0.15) is 6.61 Å². The van der Waals surface area contributed by atoms with E-state index in [1.807, 2.05) is 60.7 Å². The summed E-state index contributed by atoms with van der Waals surface area (Å²) in [5, 5.41) is 12.8. The zero-order valence-corrected chi connectivity index (χ0v) is 20.7. The molecule has 0 saturated carbocycles. The highest BCUT2D eigenvalue weighted by atomic mass is 35.5. The number of β-amino-alcohol motifs (C(OH)–C–C–N with tert-alkyl or cyclic N) is 1. The van der Waals surface area contributed by atoms with Gasteiger partial charge in [-0.05, 0) is 47.0 Å². The van der Waals surface area contributed by atoms with Gasteiger partial charge in [-0.3, -0.25) is 4.90 Å². The molecule has 1 aliphatic heterocycles. The molecule has 178 valence electrons. The van der Waals surface area contributed by atoms with Gasteiger partial charge in [0.2, 0.25) is 0 Å². The van der Waals surface area contributed by atoms with Crippen molar-refractivity contribution in [2.75, 3.05) is 13.1 Å². The minimum Gasteiger partial charge on any atom is -0.445 e. The second kappa shape index (κ2) is 11.4. The van der Waals surface area contributed by atoms with Crippen LogP contribution in [-0.4, -0.2) is 46.2 Å². The van der Waals surface area contributed by atoms with Crippen molar-refractivity contribution < 1.29 is 14.6 Å². The average Bonchev–Trinajstić information content (AvgIpc) is 3.23. The van der Waals surface area contributed by atoms with Crippen molar-refractivity contribution in [2.45, 2.75) is 31.8 Å². The number of aliphatic hydroxyl groups is 1. The first-order valence-corrected chi connectivity index (χ1v) is 12.1. The molecule has 1 N–H and O–H groups in total. The van der Waals surface area contributed by atoms with Crippen molar-refractivity contribution in [2.24, 2.45) is 0 Å². The molecule has 34 heavy (non-hydrogen) atoms. The number of likely N-dealkylation sites (tertiary alicyclic amines) is 1. The summed E-state index contributed by atoms with van der Waals surface area (Å²) >= 11 is 18.7. The molecule has 1 aliphatic rings. The van der Waals surface area contributed by atoms with Gasteiger partial charge in [-0.2, -0.15) is 0 Å². The molecule has 0 bridgehead atoms. The Morgan fingerprint density at radius 3 is 2.35 bits per heavy atom. The number of rotatable bonds is 7. The van der Waals surface area contributed by atoms with Crippen LogP contribution < -0.4 is 0 Å². The number of benzene rings is 3. The van der Waals surface area contributed by atoms with Gasteiger partial charge in [0, 0.05) is 34.7 Å². The van der Waals surface area contributed by atoms with Gasteiger partial charge >= 0.3 is 6.09 Å². The highest BCUT2D eigenvalue weighted by molar-refractivity contribution is 6.33. The van der Waals surface area contributed by atoms with Crippen LogP contribution in [0.5, 0.6) is 0 Å². The summed E-state index contributed by atoms with van der Waals surface area (Å²) in [7, 11) is 0. The normalized spacial score (nSPS) is 17.9. The van der Waals surface area contributed by atoms with E-state index in [4.69, 9.17) is 39.5 Å². The average molecular weight is 520 g/mol. The molecular weight excluding hydrogens is 495 g/mol. The molecule has 4 rings (SSSR count). The van der Waals surface area contributed by atoms with E-state index in [0.717, 1.165) is 16.7 Å². The third-order valence-electron chi connectivity index (χ3n) is 5.87. The fourth-order valence-electron chi connectivity index (χ4n) is 4.09. The molecule has 1 heterocycles. The molecule has 0 unspecified atom stereocenters. The molecule has 1 saturated heterocycles. The van der Waals surface area contributed by atoms with Crippen LogP contribution in [0.15, 0.2) is 72.8 Å². The fraction of sp³-hybridized carbons (Fsp3) is 0.269. The molecule has 0 aliphatic carbocycles. The van der Waals surface area contributed by atoms with Crippen molar-refractivity contribution in [3.63, 3.8) is 0 Å². The Balaban J connectivity index is 1.49. The molecule has 1 amide bonds. The Kier molecular flexibility index (Phi) is 8.35. The van der Waals surface area contributed by atoms with Crippen LogP contribution in [0.25, 0.3) is 0 Å². The molecule has 2 atom stereocenters. The fourth-order valence-corrected chi connectivity index (χ4v) is 4.58. The number of halogens is 3. The minimum atomic E-state index is -0.741. The molecule has 3 aromatic rings. The number of carbonyl (C=O) groups excluding carboxylic acids is 1. The minimum absolute atomic E-state index is 0.184. The van der Waals surface area contributed by atoms with Crippen LogP contribution in [0, 0.1) is 0 Å². The number of ether oxygens (including phenoxy) is 1. The van der Waals surface area contributed by atoms with E-state index in [2.05, 4.69) is 4.90 Å². The van der Waals surface area contributed by atoms with Crippen LogP contribution in [0.3, 0.4) is 0 Å². The van der Waals surface area contributed by atoms with Crippen molar-refractivity contribution in [3.8, 4) is 0 Å². The predicted molar refractivity (Wildman–Crippen MR) is 135 cm³/mol. The summed E-state index contributed by atoms with van der Waals surface area (Å²) in [6, 6.07) is 22.1. The van der Waals surface area contributed by atoms with Crippen molar-refractivity contribution >= 4 is 40.9 Å².